The van der Waals surface area contributed by atoms with Gasteiger partial charge in [-0.2, -0.15) is 0 Å². The van der Waals surface area contributed by atoms with Gasteiger partial charge in [-0.3, -0.25) is 14.8 Å². The van der Waals surface area contributed by atoms with Gasteiger partial charge in [0, 0.05) is 35.2 Å². The summed E-state index contributed by atoms with van der Waals surface area (Å²) in [6.07, 6.45) is 5.23. The number of fused-ring (bicyclic) bond motifs is 1. The van der Waals surface area contributed by atoms with Crippen LogP contribution < -0.4 is 5.32 Å². The molecular weight excluding hydrogens is 358 g/mol. The molecule has 0 aliphatic rings. The third kappa shape index (κ3) is 3.61. The van der Waals surface area contributed by atoms with Crippen molar-refractivity contribution in [2.45, 2.75) is 26.7 Å². The molecule has 1 N–H and O–H groups in total. The Morgan fingerprint density at radius 1 is 0.931 bits per heavy atom. The molecule has 0 fully saturated rings. The molecule has 4 nitrogen and oxygen atoms in total. The Morgan fingerprint density at radius 2 is 1.76 bits per heavy atom. The van der Waals surface area contributed by atoms with Crippen molar-refractivity contribution in [3.05, 3.63) is 89.9 Å². The zero-order valence-corrected chi connectivity index (χ0v) is 16.8. The summed E-state index contributed by atoms with van der Waals surface area (Å²) in [4.78, 5) is 21.9. The standard InChI is InChI=1S/C25H23N3O/c1-16(2)18-8-4-5-11-24(18)28-25(29)22-15-26-14-21(17(22)3)19-9-6-12-23-20(19)10-7-13-27-23/h4-16H,1-3H3,(H,28,29). The number of nitrogens with zero attached hydrogens (tertiary/aromatic N) is 2. The summed E-state index contributed by atoms with van der Waals surface area (Å²) >= 11 is 0. The van der Waals surface area contributed by atoms with E-state index in [2.05, 4.69) is 29.1 Å². The number of amides is 1. The maximum Gasteiger partial charge on any atom is 0.257 e. The van der Waals surface area contributed by atoms with Crippen LogP contribution in [0.25, 0.3) is 22.0 Å². The van der Waals surface area contributed by atoms with E-state index in [1.54, 1.807) is 12.4 Å². The SMILES string of the molecule is Cc1c(C(=O)Nc2ccccc2C(C)C)cncc1-c1cccc2ncccc12. The average Bonchev–Trinajstić information content (AvgIpc) is 2.74. The summed E-state index contributed by atoms with van der Waals surface area (Å²) in [5.41, 5.74) is 6.31. The first kappa shape index (κ1) is 18.8. The number of para-hydroxylation sites is 1. The Morgan fingerprint density at radius 3 is 2.59 bits per heavy atom. The topological polar surface area (TPSA) is 54.9 Å². The summed E-state index contributed by atoms with van der Waals surface area (Å²) in [7, 11) is 0. The predicted octanol–water partition coefficient (Wildman–Crippen LogP) is 5.98. The molecule has 0 radical (unpaired) electrons. The fraction of sp³-hybridized carbons (Fsp3) is 0.160. The van der Waals surface area contributed by atoms with Crippen molar-refractivity contribution in [2.24, 2.45) is 0 Å². The highest BCUT2D eigenvalue weighted by Crippen LogP contribution is 2.31. The number of benzene rings is 2. The molecule has 0 spiro atoms. The smallest absolute Gasteiger partial charge is 0.257 e. The molecule has 2 aromatic heterocycles. The van der Waals surface area contributed by atoms with E-state index in [9.17, 15) is 4.79 Å². The fourth-order valence-corrected chi connectivity index (χ4v) is 3.67. The van der Waals surface area contributed by atoms with Crippen LogP contribution in [-0.2, 0) is 0 Å². The van der Waals surface area contributed by atoms with Gasteiger partial charge in [0.05, 0.1) is 11.1 Å². The lowest BCUT2D eigenvalue weighted by Crippen LogP contribution is -2.15. The number of anilines is 1. The van der Waals surface area contributed by atoms with Gasteiger partial charge >= 0.3 is 0 Å². The van der Waals surface area contributed by atoms with Crippen LogP contribution in [0.15, 0.2) is 73.2 Å². The summed E-state index contributed by atoms with van der Waals surface area (Å²) in [6, 6.07) is 17.9. The van der Waals surface area contributed by atoms with Gasteiger partial charge in [-0.15, -0.1) is 0 Å². The van der Waals surface area contributed by atoms with Gasteiger partial charge < -0.3 is 5.32 Å². The highest BCUT2D eigenvalue weighted by molar-refractivity contribution is 6.07. The second-order valence-corrected chi connectivity index (χ2v) is 7.43. The number of pyridine rings is 2. The van der Waals surface area contributed by atoms with E-state index >= 15 is 0 Å². The molecule has 144 valence electrons. The fourth-order valence-electron chi connectivity index (χ4n) is 3.67. The molecule has 29 heavy (non-hydrogen) atoms. The first-order valence-corrected chi connectivity index (χ1v) is 9.75. The lowest BCUT2D eigenvalue weighted by Gasteiger charge is -2.16. The van der Waals surface area contributed by atoms with Crippen molar-refractivity contribution < 1.29 is 4.79 Å². The molecule has 0 unspecified atom stereocenters. The highest BCUT2D eigenvalue weighted by atomic mass is 16.1. The minimum Gasteiger partial charge on any atom is -0.322 e. The third-order valence-electron chi connectivity index (χ3n) is 5.23. The first-order valence-electron chi connectivity index (χ1n) is 9.75. The van der Waals surface area contributed by atoms with Crippen molar-refractivity contribution in [2.75, 3.05) is 5.32 Å². The summed E-state index contributed by atoms with van der Waals surface area (Å²) in [6.45, 7) is 6.20. The van der Waals surface area contributed by atoms with Crippen molar-refractivity contribution in [1.29, 1.82) is 0 Å². The van der Waals surface area contributed by atoms with Crippen LogP contribution in [0.3, 0.4) is 0 Å². The van der Waals surface area contributed by atoms with Gasteiger partial charge in [-0.1, -0.05) is 50.2 Å². The molecular formula is C25H23N3O. The molecule has 0 aliphatic heterocycles. The van der Waals surface area contributed by atoms with Crippen molar-refractivity contribution in [3.63, 3.8) is 0 Å². The van der Waals surface area contributed by atoms with Crippen LogP contribution in [0.1, 0.15) is 41.3 Å². The van der Waals surface area contributed by atoms with Gasteiger partial charge in [0.2, 0.25) is 0 Å². The van der Waals surface area contributed by atoms with E-state index < -0.39 is 0 Å². The molecule has 0 saturated heterocycles. The minimum absolute atomic E-state index is 0.150. The Hall–Kier alpha value is -3.53. The van der Waals surface area contributed by atoms with Crippen LogP contribution in [0.5, 0.6) is 0 Å². The van der Waals surface area contributed by atoms with E-state index in [-0.39, 0.29) is 5.91 Å². The van der Waals surface area contributed by atoms with Gasteiger partial charge in [0.15, 0.2) is 0 Å². The van der Waals surface area contributed by atoms with Gasteiger partial charge in [0.1, 0.15) is 0 Å². The van der Waals surface area contributed by atoms with Crippen molar-refractivity contribution in [3.8, 4) is 11.1 Å². The van der Waals surface area contributed by atoms with Gasteiger partial charge in [0.25, 0.3) is 5.91 Å². The second kappa shape index (κ2) is 7.84. The largest absolute Gasteiger partial charge is 0.322 e. The Labute approximate surface area is 170 Å². The third-order valence-corrected chi connectivity index (χ3v) is 5.23. The molecule has 0 saturated carbocycles. The Kier molecular flexibility index (Phi) is 5.09. The van der Waals surface area contributed by atoms with Gasteiger partial charge in [-0.05, 0) is 47.7 Å². The summed E-state index contributed by atoms with van der Waals surface area (Å²) in [5, 5.41) is 4.12. The first-order chi connectivity index (χ1) is 14.1. The van der Waals surface area contributed by atoms with Gasteiger partial charge in [-0.25, -0.2) is 0 Å². The number of carbonyl (C=O) groups excluding carboxylic acids is 1. The minimum atomic E-state index is -0.150. The van der Waals surface area contributed by atoms with Crippen LogP contribution in [0, 0.1) is 6.92 Å². The number of carbonyl (C=O) groups is 1. The number of hydrogen-bond donors (Lipinski definition) is 1. The molecule has 1 amide bonds. The molecule has 2 heterocycles. The van der Waals surface area contributed by atoms with E-state index in [1.807, 2.05) is 67.7 Å². The molecule has 0 bridgehead atoms. The molecule has 4 aromatic rings. The predicted molar refractivity (Wildman–Crippen MR) is 118 cm³/mol. The number of rotatable bonds is 4. The van der Waals surface area contributed by atoms with Crippen LogP contribution >= 0.6 is 0 Å². The number of nitrogens with one attached hydrogen (secondary N) is 1. The van der Waals surface area contributed by atoms with E-state index in [4.69, 9.17) is 0 Å². The highest BCUT2D eigenvalue weighted by Gasteiger charge is 2.17. The normalized spacial score (nSPS) is 11.0. The zero-order chi connectivity index (χ0) is 20.4. The lowest BCUT2D eigenvalue weighted by atomic mass is 9.95. The summed E-state index contributed by atoms with van der Waals surface area (Å²) < 4.78 is 0. The van der Waals surface area contributed by atoms with Crippen LogP contribution in [0.4, 0.5) is 5.69 Å². The quantitative estimate of drug-likeness (QED) is 0.473. The molecule has 0 atom stereocenters. The summed E-state index contributed by atoms with van der Waals surface area (Å²) in [5.74, 6) is 0.170. The van der Waals surface area contributed by atoms with E-state index in [0.717, 1.165) is 38.8 Å². The van der Waals surface area contributed by atoms with Crippen molar-refractivity contribution in [1.82, 2.24) is 9.97 Å². The molecule has 0 aliphatic carbocycles. The maximum atomic E-state index is 13.1. The monoisotopic (exact) mass is 381 g/mol. The van der Waals surface area contributed by atoms with Crippen LogP contribution in [0.2, 0.25) is 0 Å². The molecule has 4 rings (SSSR count). The van der Waals surface area contributed by atoms with E-state index in [0.29, 0.717) is 11.5 Å². The van der Waals surface area contributed by atoms with Crippen molar-refractivity contribution >= 4 is 22.5 Å². The Balaban J connectivity index is 1.75. The maximum absolute atomic E-state index is 13.1. The Bertz CT molecular complexity index is 1190. The average molecular weight is 381 g/mol. The second-order valence-electron chi connectivity index (χ2n) is 7.43. The molecule has 2 aromatic carbocycles. The van der Waals surface area contributed by atoms with E-state index in [1.165, 1.54) is 0 Å². The zero-order valence-electron chi connectivity index (χ0n) is 16.8. The van der Waals surface area contributed by atoms with Crippen LogP contribution in [-0.4, -0.2) is 15.9 Å². The number of aromatic nitrogens is 2. The molecule has 4 heteroatoms. The lowest BCUT2D eigenvalue weighted by molar-refractivity contribution is 0.102. The number of hydrogen-bond acceptors (Lipinski definition) is 3.